The van der Waals surface area contributed by atoms with Crippen molar-refractivity contribution in [3.8, 4) is 0 Å². The van der Waals surface area contributed by atoms with Gasteiger partial charge in [0.05, 0.1) is 5.92 Å². The normalized spacial score (nSPS) is 23.5. The van der Waals surface area contributed by atoms with Crippen LogP contribution in [0.5, 0.6) is 0 Å². The molecule has 1 saturated heterocycles. The average Bonchev–Trinajstić information content (AvgIpc) is 3.23. The minimum Gasteiger partial charge on any atom is -0.342 e. The number of aromatic nitrogens is 4. The van der Waals surface area contributed by atoms with Crippen LogP contribution in [0.2, 0.25) is 0 Å². The number of nitrogens with zero attached hydrogens (tertiary/aromatic N) is 5. The summed E-state index contributed by atoms with van der Waals surface area (Å²) in [6.45, 7) is 2.42. The summed E-state index contributed by atoms with van der Waals surface area (Å²) >= 11 is 0. The Balaban J connectivity index is 1.34. The van der Waals surface area contributed by atoms with E-state index in [4.69, 9.17) is 0 Å². The molecule has 2 aliphatic heterocycles. The first-order valence-corrected chi connectivity index (χ1v) is 9.60. The molecular formula is C20H23N5O. The molecule has 3 heterocycles. The molecule has 1 amide bonds. The van der Waals surface area contributed by atoms with Gasteiger partial charge in [0.15, 0.2) is 5.82 Å². The largest absolute Gasteiger partial charge is 0.342 e. The maximum atomic E-state index is 13.2. The summed E-state index contributed by atoms with van der Waals surface area (Å²) in [4.78, 5) is 15.3. The number of allylic oxidation sites excluding steroid dienone is 1. The van der Waals surface area contributed by atoms with Crippen LogP contribution >= 0.6 is 0 Å². The van der Waals surface area contributed by atoms with Crippen LogP contribution in [-0.2, 0) is 16.8 Å². The van der Waals surface area contributed by atoms with Crippen molar-refractivity contribution in [2.75, 3.05) is 13.1 Å². The SMILES string of the molecule is O=C(C1CCCCn2nnnc21)N1CCC2(C=Cc3ccccc32)CC1. The second kappa shape index (κ2) is 6.04. The lowest BCUT2D eigenvalue weighted by molar-refractivity contribution is -0.134. The lowest BCUT2D eigenvalue weighted by Gasteiger charge is -2.40. The zero-order valence-electron chi connectivity index (χ0n) is 14.8. The predicted molar refractivity (Wildman–Crippen MR) is 97.4 cm³/mol. The standard InChI is InChI=1S/C20H23N5O/c26-19(16-6-3-4-12-25-18(16)21-22-23-25)24-13-10-20(11-14-24)9-8-15-5-1-2-7-17(15)20/h1-2,5,7-9,16H,3-4,6,10-14H2. The van der Waals surface area contributed by atoms with Gasteiger partial charge in [0.25, 0.3) is 0 Å². The Kier molecular flexibility index (Phi) is 3.65. The van der Waals surface area contributed by atoms with Crippen LogP contribution in [0.25, 0.3) is 6.08 Å². The fourth-order valence-electron chi connectivity index (χ4n) is 4.81. The minimum atomic E-state index is -0.187. The van der Waals surface area contributed by atoms with Gasteiger partial charge in [-0.15, -0.1) is 5.10 Å². The Labute approximate surface area is 152 Å². The highest BCUT2D eigenvalue weighted by molar-refractivity contribution is 5.83. The van der Waals surface area contributed by atoms with E-state index >= 15 is 0 Å². The number of tetrazole rings is 1. The Morgan fingerprint density at radius 1 is 1.12 bits per heavy atom. The fraction of sp³-hybridized carbons (Fsp3) is 0.500. The van der Waals surface area contributed by atoms with Crippen LogP contribution in [0, 0.1) is 0 Å². The van der Waals surface area contributed by atoms with E-state index in [9.17, 15) is 4.79 Å². The van der Waals surface area contributed by atoms with Crippen molar-refractivity contribution in [1.29, 1.82) is 0 Å². The second-order valence-electron chi connectivity index (χ2n) is 7.71. The number of likely N-dealkylation sites (tertiary alicyclic amines) is 1. The Morgan fingerprint density at radius 2 is 1.96 bits per heavy atom. The molecule has 1 unspecified atom stereocenters. The highest BCUT2D eigenvalue weighted by Crippen LogP contribution is 2.44. The lowest BCUT2D eigenvalue weighted by atomic mass is 9.74. The number of piperidine rings is 1. The number of aryl methyl sites for hydroxylation is 1. The van der Waals surface area contributed by atoms with Gasteiger partial charge in [0.1, 0.15) is 0 Å². The Bertz CT molecular complexity index is 863. The van der Waals surface area contributed by atoms with Gasteiger partial charge in [-0.05, 0) is 47.2 Å². The van der Waals surface area contributed by atoms with Crippen molar-refractivity contribution in [1.82, 2.24) is 25.1 Å². The molecule has 1 fully saturated rings. The van der Waals surface area contributed by atoms with Crippen molar-refractivity contribution < 1.29 is 4.79 Å². The molecule has 134 valence electrons. The van der Waals surface area contributed by atoms with Gasteiger partial charge in [-0.3, -0.25) is 4.79 Å². The molecule has 3 aliphatic rings. The summed E-state index contributed by atoms with van der Waals surface area (Å²) in [5.74, 6) is 0.764. The number of carbonyl (C=O) groups excluding carboxylic acids is 1. The maximum absolute atomic E-state index is 13.2. The van der Waals surface area contributed by atoms with Gasteiger partial charge in [0.2, 0.25) is 5.91 Å². The topological polar surface area (TPSA) is 63.9 Å². The number of benzene rings is 1. The molecule has 1 aromatic heterocycles. The summed E-state index contributed by atoms with van der Waals surface area (Å²) in [6.07, 6.45) is 9.50. The van der Waals surface area contributed by atoms with Crippen molar-refractivity contribution in [2.24, 2.45) is 0 Å². The van der Waals surface area contributed by atoms with Crippen LogP contribution < -0.4 is 0 Å². The second-order valence-corrected chi connectivity index (χ2v) is 7.71. The molecular weight excluding hydrogens is 326 g/mol. The van der Waals surface area contributed by atoms with Crippen molar-refractivity contribution in [3.63, 3.8) is 0 Å². The van der Waals surface area contributed by atoms with E-state index in [1.54, 1.807) is 0 Å². The summed E-state index contributed by atoms with van der Waals surface area (Å²) in [7, 11) is 0. The number of rotatable bonds is 1. The van der Waals surface area contributed by atoms with Gasteiger partial charge < -0.3 is 4.90 Å². The highest BCUT2D eigenvalue weighted by atomic mass is 16.2. The number of amides is 1. The van der Waals surface area contributed by atoms with E-state index in [2.05, 4.69) is 51.9 Å². The molecule has 0 bridgehead atoms. The van der Waals surface area contributed by atoms with E-state index < -0.39 is 0 Å². The van der Waals surface area contributed by atoms with Crippen molar-refractivity contribution in [3.05, 3.63) is 47.3 Å². The van der Waals surface area contributed by atoms with Crippen LogP contribution in [0.15, 0.2) is 30.3 Å². The van der Waals surface area contributed by atoms with E-state index in [0.717, 1.165) is 57.6 Å². The van der Waals surface area contributed by atoms with Gasteiger partial charge in [-0.1, -0.05) is 42.8 Å². The molecule has 1 atom stereocenters. The van der Waals surface area contributed by atoms with Crippen LogP contribution in [0.1, 0.15) is 55.0 Å². The average molecular weight is 349 g/mol. The lowest BCUT2D eigenvalue weighted by Crippen LogP contribution is -2.45. The van der Waals surface area contributed by atoms with Gasteiger partial charge in [0, 0.05) is 25.0 Å². The van der Waals surface area contributed by atoms with E-state index in [-0.39, 0.29) is 17.2 Å². The molecule has 5 rings (SSSR count). The molecule has 0 N–H and O–H groups in total. The third kappa shape index (κ3) is 2.39. The number of hydrogen-bond acceptors (Lipinski definition) is 4. The number of carbonyl (C=O) groups is 1. The molecule has 1 aliphatic carbocycles. The molecule has 0 radical (unpaired) electrons. The zero-order valence-corrected chi connectivity index (χ0v) is 14.8. The first-order valence-electron chi connectivity index (χ1n) is 9.60. The van der Waals surface area contributed by atoms with Crippen LogP contribution in [0.3, 0.4) is 0 Å². The Morgan fingerprint density at radius 3 is 2.85 bits per heavy atom. The molecule has 2 aromatic rings. The predicted octanol–water partition coefficient (Wildman–Crippen LogP) is 2.53. The maximum Gasteiger partial charge on any atom is 0.233 e. The van der Waals surface area contributed by atoms with Crippen LogP contribution in [-0.4, -0.2) is 44.1 Å². The van der Waals surface area contributed by atoms with Gasteiger partial charge >= 0.3 is 0 Å². The molecule has 1 spiro atoms. The van der Waals surface area contributed by atoms with E-state index in [1.165, 1.54) is 11.1 Å². The third-order valence-electron chi connectivity index (χ3n) is 6.33. The van der Waals surface area contributed by atoms with Gasteiger partial charge in [-0.25, -0.2) is 4.68 Å². The van der Waals surface area contributed by atoms with Crippen LogP contribution in [0.4, 0.5) is 0 Å². The minimum absolute atomic E-state index is 0.110. The summed E-state index contributed by atoms with van der Waals surface area (Å²) < 4.78 is 1.82. The Hall–Kier alpha value is -2.50. The van der Waals surface area contributed by atoms with E-state index in [0.29, 0.717) is 0 Å². The summed E-state index contributed by atoms with van der Waals surface area (Å²) in [5, 5.41) is 12.0. The fourth-order valence-corrected chi connectivity index (χ4v) is 4.81. The van der Waals surface area contributed by atoms with Gasteiger partial charge in [-0.2, -0.15) is 0 Å². The monoisotopic (exact) mass is 349 g/mol. The zero-order chi connectivity index (χ0) is 17.6. The highest BCUT2D eigenvalue weighted by Gasteiger charge is 2.40. The molecule has 6 heteroatoms. The molecule has 1 aromatic carbocycles. The first-order chi connectivity index (χ1) is 12.8. The molecule has 6 nitrogen and oxygen atoms in total. The quantitative estimate of drug-likeness (QED) is 0.794. The third-order valence-corrected chi connectivity index (χ3v) is 6.33. The smallest absolute Gasteiger partial charge is 0.233 e. The van der Waals surface area contributed by atoms with E-state index in [1.807, 2.05) is 9.58 Å². The van der Waals surface area contributed by atoms with Crippen molar-refractivity contribution >= 4 is 12.0 Å². The van der Waals surface area contributed by atoms with Crippen molar-refractivity contribution in [2.45, 2.75) is 50.0 Å². The molecule has 26 heavy (non-hydrogen) atoms. The summed E-state index contributed by atoms with van der Waals surface area (Å²) in [6, 6.07) is 8.64. The molecule has 0 saturated carbocycles. The number of hydrogen-bond donors (Lipinski definition) is 0. The first kappa shape index (κ1) is 15.7. The summed E-state index contributed by atoms with van der Waals surface area (Å²) in [5.41, 5.74) is 2.86. The number of fused-ring (bicyclic) bond motifs is 3.